The third-order valence-electron chi connectivity index (χ3n) is 2.83. The van der Waals surface area contributed by atoms with E-state index in [0.717, 1.165) is 24.5 Å². The molecule has 1 N–H and O–H groups in total. The maximum atomic E-state index is 8.65. The number of hydrogen-bond acceptors (Lipinski definition) is 4. The first-order chi connectivity index (χ1) is 9.33. The number of furan rings is 1. The van der Waals surface area contributed by atoms with Gasteiger partial charge in [0.05, 0.1) is 13.7 Å². The second kappa shape index (κ2) is 6.62. The highest BCUT2D eigenvalue weighted by Crippen LogP contribution is 2.17. The number of rotatable bonds is 6. The molecule has 0 bridgehead atoms. The fourth-order valence-electron chi connectivity index (χ4n) is 1.88. The maximum absolute atomic E-state index is 8.65. The van der Waals surface area contributed by atoms with Gasteiger partial charge in [0.25, 0.3) is 0 Å². The van der Waals surface area contributed by atoms with Gasteiger partial charge >= 0.3 is 0 Å². The molecule has 1 aromatic heterocycles. The molecule has 0 unspecified atom stereocenters. The van der Waals surface area contributed by atoms with E-state index in [4.69, 9.17) is 14.4 Å². The van der Waals surface area contributed by atoms with E-state index in [1.165, 1.54) is 5.56 Å². The SMILES string of the molecule is COc1ccccc1CCNCc1ccc(C#N)o1. The van der Waals surface area contributed by atoms with Gasteiger partial charge in [0.15, 0.2) is 0 Å². The van der Waals surface area contributed by atoms with E-state index < -0.39 is 0 Å². The summed E-state index contributed by atoms with van der Waals surface area (Å²) in [7, 11) is 1.68. The van der Waals surface area contributed by atoms with Crippen LogP contribution in [0.5, 0.6) is 5.75 Å². The van der Waals surface area contributed by atoms with Crippen molar-refractivity contribution in [2.24, 2.45) is 0 Å². The Bertz CT molecular complexity index is 570. The maximum Gasteiger partial charge on any atom is 0.203 e. The molecule has 98 valence electrons. The van der Waals surface area contributed by atoms with E-state index in [2.05, 4.69) is 11.4 Å². The number of nitriles is 1. The summed E-state index contributed by atoms with van der Waals surface area (Å²) in [6.45, 7) is 1.44. The van der Waals surface area contributed by atoms with E-state index >= 15 is 0 Å². The normalized spacial score (nSPS) is 10.1. The average Bonchev–Trinajstić information content (AvgIpc) is 2.92. The Morgan fingerprint density at radius 2 is 2.11 bits per heavy atom. The van der Waals surface area contributed by atoms with E-state index in [-0.39, 0.29) is 0 Å². The number of benzene rings is 1. The molecule has 0 aliphatic rings. The van der Waals surface area contributed by atoms with Crippen LogP contribution < -0.4 is 10.1 Å². The van der Waals surface area contributed by atoms with Gasteiger partial charge in [-0.15, -0.1) is 0 Å². The summed E-state index contributed by atoms with van der Waals surface area (Å²) < 4.78 is 10.6. The summed E-state index contributed by atoms with van der Waals surface area (Å²) in [6.07, 6.45) is 0.885. The summed E-state index contributed by atoms with van der Waals surface area (Å²) in [5.41, 5.74) is 1.18. The minimum absolute atomic E-state index is 0.349. The third kappa shape index (κ3) is 3.60. The van der Waals surface area contributed by atoms with Crippen molar-refractivity contribution < 1.29 is 9.15 Å². The van der Waals surface area contributed by atoms with Crippen LogP contribution in [0.1, 0.15) is 17.1 Å². The molecule has 0 spiro atoms. The van der Waals surface area contributed by atoms with Gasteiger partial charge in [-0.25, -0.2) is 0 Å². The Balaban J connectivity index is 1.79. The molecule has 0 fully saturated rings. The van der Waals surface area contributed by atoms with Crippen molar-refractivity contribution in [2.45, 2.75) is 13.0 Å². The molecule has 0 radical (unpaired) electrons. The lowest BCUT2D eigenvalue weighted by Crippen LogP contribution is -2.16. The fourth-order valence-corrected chi connectivity index (χ4v) is 1.88. The van der Waals surface area contributed by atoms with Crippen LogP contribution in [0.15, 0.2) is 40.8 Å². The first-order valence-electron chi connectivity index (χ1n) is 6.15. The molecule has 4 heteroatoms. The molecule has 1 aromatic carbocycles. The first-order valence-corrected chi connectivity index (χ1v) is 6.15. The van der Waals surface area contributed by atoms with Crippen LogP contribution >= 0.6 is 0 Å². The molecule has 2 aromatic rings. The summed E-state index contributed by atoms with van der Waals surface area (Å²) in [6, 6.07) is 13.4. The Kier molecular flexibility index (Phi) is 4.60. The van der Waals surface area contributed by atoms with Gasteiger partial charge in [0.1, 0.15) is 17.6 Å². The van der Waals surface area contributed by atoms with Crippen LogP contribution in [-0.2, 0) is 13.0 Å². The Labute approximate surface area is 112 Å². The van der Waals surface area contributed by atoms with Crippen molar-refractivity contribution in [3.8, 4) is 11.8 Å². The van der Waals surface area contributed by atoms with Crippen molar-refractivity contribution in [2.75, 3.05) is 13.7 Å². The molecule has 4 nitrogen and oxygen atoms in total. The van der Waals surface area contributed by atoms with E-state index in [0.29, 0.717) is 12.3 Å². The number of methoxy groups -OCH3 is 1. The summed E-state index contributed by atoms with van der Waals surface area (Å²) >= 11 is 0. The van der Waals surface area contributed by atoms with Crippen molar-refractivity contribution in [3.63, 3.8) is 0 Å². The third-order valence-corrected chi connectivity index (χ3v) is 2.83. The molecule has 0 aliphatic carbocycles. The lowest BCUT2D eigenvalue weighted by atomic mass is 10.1. The zero-order valence-corrected chi connectivity index (χ0v) is 10.8. The van der Waals surface area contributed by atoms with Crippen LogP contribution in [0, 0.1) is 11.3 Å². The predicted molar refractivity (Wildman–Crippen MR) is 71.8 cm³/mol. The monoisotopic (exact) mass is 256 g/mol. The lowest BCUT2D eigenvalue weighted by Gasteiger charge is -2.08. The number of nitrogens with one attached hydrogen (secondary N) is 1. The Morgan fingerprint density at radius 1 is 1.26 bits per heavy atom. The van der Waals surface area contributed by atoms with Crippen molar-refractivity contribution >= 4 is 0 Å². The van der Waals surface area contributed by atoms with Gasteiger partial charge in [0.2, 0.25) is 5.76 Å². The molecule has 0 atom stereocenters. The first kappa shape index (κ1) is 13.2. The molecule has 0 aliphatic heterocycles. The summed E-state index contributed by atoms with van der Waals surface area (Å²) in [5.74, 6) is 2.03. The van der Waals surface area contributed by atoms with Crippen LogP contribution in [0.4, 0.5) is 0 Å². The molecule has 2 rings (SSSR count). The van der Waals surface area contributed by atoms with Crippen LogP contribution in [0.25, 0.3) is 0 Å². The molecule has 1 heterocycles. The summed E-state index contributed by atoms with van der Waals surface area (Å²) in [5, 5.41) is 11.9. The van der Waals surface area contributed by atoms with Crippen LogP contribution in [-0.4, -0.2) is 13.7 Å². The number of para-hydroxylation sites is 1. The van der Waals surface area contributed by atoms with Gasteiger partial charge in [0, 0.05) is 0 Å². The Morgan fingerprint density at radius 3 is 2.84 bits per heavy atom. The molecular formula is C15H16N2O2. The van der Waals surface area contributed by atoms with Crippen LogP contribution in [0.3, 0.4) is 0 Å². The molecule has 19 heavy (non-hydrogen) atoms. The number of ether oxygens (including phenoxy) is 1. The fraction of sp³-hybridized carbons (Fsp3) is 0.267. The second-order valence-electron chi connectivity index (χ2n) is 4.12. The van der Waals surface area contributed by atoms with Crippen molar-refractivity contribution in [1.82, 2.24) is 5.32 Å². The van der Waals surface area contributed by atoms with Gasteiger partial charge in [-0.1, -0.05) is 18.2 Å². The van der Waals surface area contributed by atoms with E-state index in [9.17, 15) is 0 Å². The van der Waals surface area contributed by atoms with Gasteiger partial charge in [-0.3, -0.25) is 0 Å². The number of hydrogen-bond donors (Lipinski definition) is 1. The molecule has 0 saturated carbocycles. The molecular weight excluding hydrogens is 240 g/mol. The number of nitrogens with zero attached hydrogens (tertiary/aromatic N) is 1. The van der Waals surface area contributed by atoms with Crippen molar-refractivity contribution in [1.29, 1.82) is 5.26 Å². The van der Waals surface area contributed by atoms with Crippen molar-refractivity contribution in [3.05, 3.63) is 53.5 Å². The van der Waals surface area contributed by atoms with Gasteiger partial charge in [-0.2, -0.15) is 5.26 Å². The zero-order chi connectivity index (χ0) is 13.5. The van der Waals surface area contributed by atoms with E-state index in [1.54, 1.807) is 13.2 Å². The van der Waals surface area contributed by atoms with Gasteiger partial charge in [-0.05, 0) is 36.7 Å². The van der Waals surface area contributed by atoms with Crippen LogP contribution in [0.2, 0.25) is 0 Å². The largest absolute Gasteiger partial charge is 0.496 e. The highest BCUT2D eigenvalue weighted by Gasteiger charge is 2.02. The lowest BCUT2D eigenvalue weighted by molar-refractivity contribution is 0.408. The van der Waals surface area contributed by atoms with E-state index in [1.807, 2.05) is 30.3 Å². The quantitative estimate of drug-likeness (QED) is 0.807. The zero-order valence-electron chi connectivity index (χ0n) is 10.8. The topological polar surface area (TPSA) is 58.2 Å². The average molecular weight is 256 g/mol. The van der Waals surface area contributed by atoms with Gasteiger partial charge < -0.3 is 14.5 Å². The highest BCUT2D eigenvalue weighted by atomic mass is 16.5. The molecule has 0 saturated heterocycles. The summed E-state index contributed by atoms with van der Waals surface area (Å²) in [4.78, 5) is 0. The smallest absolute Gasteiger partial charge is 0.203 e. The molecule has 0 amide bonds. The Hall–Kier alpha value is -2.25. The highest BCUT2D eigenvalue weighted by molar-refractivity contribution is 5.33. The second-order valence-corrected chi connectivity index (χ2v) is 4.12. The standard InChI is InChI=1S/C15H16N2O2/c1-18-15-5-3-2-4-12(15)8-9-17-11-14-7-6-13(10-16)19-14/h2-7,17H,8-9,11H2,1H3. The minimum atomic E-state index is 0.349. The minimum Gasteiger partial charge on any atom is -0.496 e. The predicted octanol–water partition coefficient (Wildman–Crippen LogP) is 2.49.